The summed E-state index contributed by atoms with van der Waals surface area (Å²) in [6.07, 6.45) is 3.04. The standard InChI is InChI=1S/C11H19N5O2.HI/c1-8-15-10(18-16-8)4-5-13-11(12)14-7-9-3-2-6-17-9;/h9H,2-7H2,1H3,(H3,12,13,14);1H. The Kier molecular flexibility index (Phi) is 7.06. The lowest BCUT2D eigenvalue weighted by Gasteiger charge is -2.07. The second-order valence-corrected chi connectivity index (χ2v) is 4.27. The first-order valence-corrected chi connectivity index (χ1v) is 6.18. The van der Waals surface area contributed by atoms with Crippen LogP contribution in [-0.4, -0.2) is 41.9 Å². The molecule has 0 aliphatic carbocycles. The molecule has 0 amide bonds. The second kappa shape index (κ2) is 8.31. The van der Waals surface area contributed by atoms with Gasteiger partial charge in [0.05, 0.1) is 12.6 Å². The molecule has 2 heterocycles. The summed E-state index contributed by atoms with van der Waals surface area (Å²) in [5.74, 6) is 1.68. The van der Waals surface area contributed by atoms with E-state index in [0.717, 1.165) is 19.4 Å². The number of ether oxygens (including phenoxy) is 1. The molecular formula is C11H20IN5O2. The number of aryl methyl sites for hydroxylation is 1. The van der Waals surface area contributed by atoms with Crippen LogP contribution >= 0.6 is 24.0 Å². The summed E-state index contributed by atoms with van der Waals surface area (Å²) in [6, 6.07) is 0. The van der Waals surface area contributed by atoms with Gasteiger partial charge in [0.25, 0.3) is 0 Å². The van der Waals surface area contributed by atoms with Gasteiger partial charge in [0.2, 0.25) is 5.89 Å². The highest BCUT2D eigenvalue weighted by atomic mass is 127. The summed E-state index contributed by atoms with van der Waals surface area (Å²) in [6.45, 7) is 3.88. The van der Waals surface area contributed by atoms with E-state index >= 15 is 0 Å². The average Bonchev–Trinajstić information content (AvgIpc) is 2.98. The summed E-state index contributed by atoms with van der Waals surface area (Å²) in [7, 11) is 0. The minimum atomic E-state index is 0. The van der Waals surface area contributed by atoms with E-state index in [0.29, 0.717) is 37.2 Å². The molecule has 1 aliphatic heterocycles. The van der Waals surface area contributed by atoms with E-state index in [2.05, 4.69) is 20.4 Å². The number of hydrogen-bond acceptors (Lipinski definition) is 5. The lowest BCUT2D eigenvalue weighted by molar-refractivity contribution is 0.118. The van der Waals surface area contributed by atoms with Gasteiger partial charge in [-0.15, -0.1) is 24.0 Å². The fourth-order valence-corrected chi connectivity index (χ4v) is 1.78. The molecule has 1 atom stereocenters. The number of guanidine groups is 1. The normalized spacial score (nSPS) is 19.2. The van der Waals surface area contributed by atoms with Crippen molar-refractivity contribution in [3.63, 3.8) is 0 Å². The van der Waals surface area contributed by atoms with Gasteiger partial charge in [0.1, 0.15) is 0 Å². The number of nitrogens with zero attached hydrogens (tertiary/aromatic N) is 3. The van der Waals surface area contributed by atoms with E-state index in [9.17, 15) is 0 Å². The van der Waals surface area contributed by atoms with Crippen LogP contribution in [0.25, 0.3) is 0 Å². The van der Waals surface area contributed by atoms with E-state index in [4.69, 9.17) is 15.0 Å². The highest BCUT2D eigenvalue weighted by molar-refractivity contribution is 14.0. The Bertz CT molecular complexity index is 404. The molecular weight excluding hydrogens is 361 g/mol. The zero-order chi connectivity index (χ0) is 12.8. The predicted octanol–water partition coefficient (Wildman–Crippen LogP) is 0.622. The molecule has 1 aliphatic rings. The third kappa shape index (κ3) is 5.72. The molecule has 108 valence electrons. The summed E-state index contributed by atoms with van der Waals surface area (Å²) in [4.78, 5) is 8.33. The van der Waals surface area contributed by atoms with Crippen molar-refractivity contribution in [3.8, 4) is 0 Å². The molecule has 1 aromatic rings. The van der Waals surface area contributed by atoms with Crippen LogP contribution in [0.2, 0.25) is 0 Å². The van der Waals surface area contributed by atoms with E-state index in [-0.39, 0.29) is 30.1 Å². The largest absolute Gasteiger partial charge is 0.376 e. The summed E-state index contributed by atoms with van der Waals surface area (Å²) in [5, 5.41) is 6.72. The molecule has 1 unspecified atom stereocenters. The average molecular weight is 381 g/mol. The molecule has 0 aromatic carbocycles. The lowest BCUT2D eigenvalue weighted by atomic mass is 10.2. The lowest BCUT2D eigenvalue weighted by Crippen LogP contribution is -2.34. The van der Waals surface area contributed by atoms with Gasteiger partial charge in [-0.05, 0) is 19.8 Å². The van der Waals surface area contributed by atoms with Gasteiger partial charge in [0, 0.05) is 19.6 Å². The van der Waals surface area contributed by atoms with Crippen molar-refractivity contribution in [1.82, 2.24) is 15.5 Å². The number of nitrogens with one attached hydrogen (secondary N) is 1. The predicted molar refractivity (Wildman–Crippen MR) is 81.6 cm³/mol. The molecule has 1 saturated heterocycles. The highest BCUT2D eigenvalue weighted by Gasteiger charge is 2.14. The van der Waals surface area contributed by atoms with Crippen LogP contribution in [0.1, 0.15) is 24.6 Å². The molecule has 0 radical (unpaired) electrons. The number of nitrogens with two attached hydrogens (primary N) is 1. The van der Waals surface area contributed by atoms with E-state index in [1.165, 1.54) is 0 Å². The minimum absolute atomic E-state index is 0. The number of rotatable bonds is 5. The van der Waals surface area contributed by atoms with Crippen LogP contribution < -0.4 is 11.1 Å². The monoisotopic (exact) mass is 381 g/mol. The van der Waals surface area contributed by atoms with Crippen molar-refractivity contribution in [2.75, 3.05) is 19.7 Å². The van der Waals surface area contributed by atoms with Crippen molar-refractivity contribution in [2.45, 2.75) is 32.3 Å². The molecule has 0 saturated carbocycles. The number of aromatic nitrogens is 2. The molecule has 3 N–H and O–H groups in total. The second-order valence-electron chi connectivity index (χ2n) is 4.27. The summed E-state index contributed by atoms with van der Waals surface area (Å²) < 4.78 is 10.4. The molecule has 1 fully saturated rings. The molecule has 0 spiro atoms. The smallest absolute Gasteiger partial charge is 0.228 e. The molecule has 1 aromatic heterocycles. The van der Waals surface area contributed by atoms with Crippen LogP contribution in [0.15, 0.2) is 9.52 Å². The Morgan fingerprint density at radius 1 is 1.58 bits per heavy atom. The van der Waals surface area contributed by atoms with E-state index < -0.39 is 0 Å². The van der Waals surface area contributed by atoms with Crippen LogP contribution in [-0.2, 0) is 11.2 Å². The molecule has 7 nitrogen and oxygen atoms in total. The van der Waals surface area contributed by atoms with Gasteiger partial charge in [-0.2, -0.15) is 4.98 Å². The van der Waals surface area contributed by atoms with Crippen molar-refractivity contribution in [2.24, 2.45) is 10.7 Å². The van der Waals surface area contributed by atoms with Gasteiger partial charge in [-0.3, -0.25) is 4.99 Å². The third-order valence-electron chi connectivity index (χ3n) is 2.70. The molecule has 0 bridgehead atoms. The highest BCUT2D eigenvalue weighted by Crippen LogP contribution is 2.11. The van der Waals surface area contributed by atoms with Crippen LogP contribution in [0, 0.1) is 6.92 Å². The van der Waals surface area contributed by atoms with Gasteiger partial charge in [-0.1, -0.05) is 5.16 Å². The molecule has 19 heavy (non-hydrogen) atoms. The zero-order valence-corrected chi connectivity index (χ0v) is 13.3. The maximum absolute atomic E-state index is 5.74. The van der Waals surface area contributed by atoms with Crippen molar-refractivity contribution >= 4 is 29.9 Å². The molecule has 8 heteroatoms. The number of hydrogen-bond donors (Lipinski definition) is 2. The van der Waals surface area contributed by atoms with Gasteiger partial charge in [-0.25, -0.2) is 0 Å². The molecule has 2 rings (SSSR count). The van der Waals surface area contributed by atoms with Gasteiger partial charge >= 0.3 is 0 Å². The van der Waals surface area contributed by atoms with E-state index in [1.807, 2.05) is 0 Å². The van der Waals surface area contributed by atoms with Crippen LogP contribution in [0.4, 0.5) is 0 Å². The van der Waals surface area contributed by atoms with Crippen molar-refractivity contribution in [1.29, 1.82) is 0 Å². The summed E-state index contributed by atoms with van der Waals surface area (Å²) in [5.41, 5.74) is 5.74. The van der Waals surface area contributed by atoms with Crippen LogP contribution in [0.5, 0.6) is 0 Å². The van der Waals surface area contributed by atoms with Gasteiger partial charge in [0.15, 0.2) is 11.8 Å². The Morgan fingerprint density at radius 3 is 3.05 bits per heavy atom. The fraction of sp³-hybridized carbons (Fsp3) is 0.727. The maximum Gasteiger partial charge on any atom is 0.228 e. The summed E-state index contributed by atoms with van der Waals surface area (Å²) >= 11 is 0. The van der Waals surface area contributed by atoms with Crippen LogP contribution in [0.3, 0.4) is 0 Å². The topological polar surface area (TPSA) is 98.6 Å². The zero-order valence-electron chi connectivity index (χ0n) is 11.0. The number of halogens is 1. The van der Waals surface area contributed by atoms with Crippen molar-refractivity contribution in [3.05, 3.63) is 11.7 Å². The van der Waals surface area contributed by atoms with Gasteiger partial charge < -0.3 is 20.3 Å². The maximum atomic E-state index is 5.74. The third-order valence-corrected chi connectivity index (χ3v) is 2.70. The first kappa shape index (κ1) is 16.2. The Morgan fingerprint density at radius 2 is 2.42 bits per heavy atom. The quantitative estimate of drug-likeness (QED) is 0.441. The first-order valence-electron chi connectivity index (χ1n) is 6.18. The minimum Gasteiger partial charge on any atom is -0.376 e. The Hall–Kier alpha value is -0.900. The Labute approximate surface area is 129 Å². The Balaban J connectivity index is 0.00000180. The van der Waals surface area contributed by atoms with Crippen molar-refractivity contribution < 1.29 is 9.26 Å². The SMILES string of the molecule is Cc1noc(CCNC(N)=NCC2CCCO2)n1.I. The first-order chi connectivity index (χ1) is 8.74. The fourth-order valence-electron chi connectivity index (χ4n) is 1.78. The van der Waals surface area contributed by atoms with E-state index in [1.54, 1.807) is 6.92 Å². The number of aliphatic imine (C=N–C) groups is 1.